The summed E-state index contributed by atoms with van der Waals surface area (Å²) in [6.45, 7) is 7.06. The van der Waals surface area contributed by atoms with Gasteiger partial charge in [0.1, 0.15) is 16.5 Å². The van der Waals surface area contributed by atoms with Crippen molar-refractivity contribution in [2.24, 2.45) is 0 Å². The lowest BCUT2D eigenvalue weighted by Gasteiger charge is -2.28. The molecule has 1 aliphatic heterocycles. The van der Waals surface area contributed by atoms with E-state index in [1.807, 2.05) is 26.0 Å². The van der Waals surface area contributed by atoms with E-state index in [4.69, 9.17) is 16.3 Å². The third-order valence-electron chi connectivity index (χ3n) is 4.43. The Morgan fingerprint density at radius 3 is 2.43 bits per heavy atom. The number of morpholine rings is 1. The number of hydrogen-bond donors (Lipinski definition) is 0. The smallest absolute Gasteiger partial charge is 0.281 e. The quantitative estimate of drug-likeness (QED) is 0.428. The number of halogens is 3. The lowest BCUT2D eigenvalue weighted by molar-refractivity contribution is 0.122. The molecule has 0 N–H and O–H groups in total. The maximum Gasteiger partial charge on any atom is 0.281 e. The Morgan fingerprint density at radius 2 is 1.77 bits per heavy atom. The maximum absolute atomic E-state index is 13.2. The minimum Gasteiger partial charge on any atom is -0.378 e. The standard InChI is InChI=1S/C20H15ClF2N4O.C2H6/c21-18-9-16-13(10-26-19(20(22)23)17(16)12-25-18)1-2-14-3-4-15(11-24-14)27-5-7-28-8-6-27;1-2/h3-4,9-12,20H,5-8H2;1-2H3. The van der Waals surface area contributed by atoms with Crippen molar-refractivity contribution in [3.8, 4) is 11.8 Å². The van der Waals surface area contributed by atoms with Gasteiger partial charge < -0.3 is 9.64 Å². The monoisotopic (exact) mass is 430 g/mol. The molecule has 0 radical (unpaired) electrons. The van der Waals surface area contributed by atoms with Gasteiger partial charge in [0, 0.05) is 36.3 Å². The van der Waals surface area contributed by atoms with E-state index in [1.165, 1.54) is 18.5 Å². The van der Waals surface area contributed by atoms with Crippen LogP contribution < -0.4 is 4.90 Å². The van der Waals surface area contributed by atoms with Gasteiger partial charge in [-0.3, -0.25) is 4.98 Å². The first-order valence-corrected chi connectivity index (χ1v) is 10.0. The van der Waals surface area contributed by atoms with Crippen LogP contribution in [0.1, 0.15) is 37.2 Å². The first-order chi connectivity index (χ1) is 14.6. The minimum atomic E-state index is -2.71. The molecule has 0 amide bonds. The van der Waals surface area contributed by atoms with Crippen molar-refractivity contribution >= 4 is 28.1 Å². The van der Waals surface area contributed by atoms with Crippen molar-refractivity contribution < 1.29 is 13.5 Å². The van der Waals surface area contributed by atoms with Gasteiger partial charge in [-0.25, -0.2) is 18.7 Å². The third-order valence-corrected chi connectivity index (χ3v) is 4.63. The molecular formula is C22H21ClF2N4O. The Hall–Kier alpha value is -2.82. The fourth-order valence-electron chi connectivity index (χ4n) is 3.00. The second-order valence-corrected chi connectivity index (χ2v) is 6.55. The molecule has 0 bridgehead atoms. The van der Waals surface area contributed by atoms with Crippen LogP contribution in [0, 0.1) is 11.8 Å². The molecule has 156 valence electrons. The Kier molecular flexibility index (Phi) is 7.50. The molecule has 0 unspecified atom stereocenters. The van der Waals surface area contributed by atoms with Crippen LogP contribution in [0.15, 0.2) is 36.8 Å². The number of nitrogens with zero attached hydrogens (tertiary/aromatic N) is 4. The molecule has 30 heavy (non-hydrogen) atoms. The minimum absolute atomic E-state index is 0.204. The van der Waals surface area contributed by atoms with E-state index in [-0.39, 0.29) is 16.2 Å². The molecule has 1 fully saturated rings. The van der Waals surface area contributed by atoms with Gasteiger partial charge in [-0.1, -0.05) is 31.4 Å². The molecule has 5 nitrogen and oxygen atoms in total. The fraction of sp³-hybridized carbons (Fsp3) is 0.318. The molecule has 0 aliphatic carbocycles. The van der Waals surface area contributed by atoms with Crippen molar-refractivity contribution in [2.75, 3.05) is 31.2 Å². The van der Waals surface area contributed by atoms with Crippen molar-refractivity contribution in [1.82, 2.24) is 15.0 Å². The van der Waals surface area contributed by atoms with Gasteiger partial charge in [0.15, 0.2) is 0 Å². The lowest BCUT2D eigenvalue weighted by atomic mass is 10.1. The van der Waals surface area contributed by atoms with Crippen molar-refractivity contribution in [1.29, 1.82) is 0 Å². The molecule has 0 saturated carbocycles. The highest BCUT2D eigenvalue weighted by molar-refractivity contribution is 6.30. The molecule has 1 aliphatic rings. The number of alkyl halides is 2. The van der Waals surface area contributed by atoms with Crippen molar-refractivity contribution in [3.63, 3.8) is 0 Å². The molecule has 0 atom stereocenters. The zero-order chi connectivity index (χ0) is 21.5. The summed E-state index contributed by atoms with van der Waals surface area (Å²) in [5.41, 5.74) is 1.74. The van der Waals surface area contributed by atoms with Crippen molar-refractivity contribution in [3.05, 3.63) is 58.9 Å². The molecule has 3 aromatic rings. The Labute approximate surface area is 179 Å². The van der Waals surface area contributed by atoms with Gasteiger partial charge in [-0.15, -0.1) is 0 Å². The molecule has 1 saturated heterocycles. The summed E-state index contributed by atoms with van der Waals surface area (Å²) >= 11 is 5.94. The Balaban J connectivity index is 0.00000124. The highest BCUT2D eigenvalue weighted by Gasteiger charge is 2.16. The van der Waals surface area contributed by atoms with Gasteiger partial charge in [-0.05, 0) is 24.1 Å². The molecule has 3 aromatic heterocycles. The summed E-state index contributed by atoms with van der Waals surface area (Å²) in [4.78, 5) is 14.3. The SMILES string of the molecule is CC.FC(F)c1ncc(C#Cc2ccc(N3CCOCC3)cn2)c2cc(Cl)ncc12. The molecule has 4 heterocycles. The van der Waals surface area contributed by atoms with E-state index >= 15 is 0 Å². The summed E-state index contributed by atoms with van der Waals surface area (Å²) in [6, 6.07) is 5.30. The van der Waals surface area contributed by atoms with Crippen molar-refractivity contribution in [2.45, 2.75) is 20.3 Å². The molecule has 4 rings (SSSR count). The third kappa shape index (κ3) is 5.02. The van der Waals surface area contributed by atoms with Crippen LogP contribution in [-0.4, -0.2) is 41.3 Å². The number of pyridine rings is 3. The van der Waals surface area contributed by atoms with E-state index in [2.05, 4.69) is 31.7 Å². The van der Waals surface area contributed by atoms with Crippen LogP contribution in [-0.2, 0) is 4.74 Å². The van der Waals surface area contributed by atoms with Crippen LogP contribution >= 0.6 is 11.6 Å². The summed E-state index contributed by atoms with van der Waals surface area (Å²) in [5, 5.41) is 0.930. The van der Waals surface area contributed by atoms with Gasteiger partial charge in [-0.2, -0.15) is 0 Å². The van der Waals surface area contributed by atoms with E-state index in [1.54, 1.807) is 6.20 Å². The second-order valence-electron chi connectivity index (χ2n) is 6.16. The number of anilines is 1. The zero-order valence-electron chi connectivity index (χ0n) is 16.7. The Bertz CT molecular complexity index is 1060. The van der Waals surface area contributed by atoms with E-state index in [9.17, 15) is 8.78 Å². The molecule has 8 heteroatoms. The van der Waals surface area contributed by atoms with Gasteiger partial charge in [0.25, 0.3) is 6.43 Å². The van der Waals surface area contributed by atoms with E-state index in [0.29, 0.717) is 29.9 Å². The van der Waals surface area contributed by atoms with E-state index < -0.39 is 6.43 Å². The summed E-state index contributed by atoms with van der Waals surface area (Å²) in [5.74, 6) is 5.91. The van der Waals surface area contributed by atoms with Gasteiger partial charge in [0.2, 0.25) is 0 Å². The van der Waals surface area contributed by atoms with Crippen LogP contribution in [0.4, 0.5) is 14.5 Å². The first-order valence-electron chi connectivity index (χ1n) is 9.65. The highest BCUT2D eigenvalue weighted by Crippen LogP contribution is 2.28. The van der Waals surface area contributed by atoms with Gasteiger partial charge >= 0.3 is 0 Å². The topological polar surface area (TPSA) is 51.1 Å². The highest BCUT2D eigenvalue weighted by atomic mass is 35.5. The maximum atomic E-state index is 13.2. The average Bonchev–Trinajstić information content (AvgIpc) is 2.79. The number of ether oxygens (including phenoxy) is 1. The van der Waals surface area contributed by atoms with Crippen LogP contribution in [0.25, 0.3) is 10.8 Å². The number of hydrogen-bond acceptors (Lipinski definition) is 5. The van der Waals surface area contributed by atoms with Crippen LogP contribution in [0.2, 0.25) is 5.15 Å². The number of fused-ring (bicyclic) bond motifs is 1. The average molecular weight is 431 g/mol. The van der Waals surface area contributed by atoms with Crippen LogP contribution in [0.5, 0.6) is 0 Å². The van der Waals surface area contributed by atoms with Gasteiger partial charge in [0.05, 0.1) is 30.7 Å². The predicted octanol–water partition coefficient (Wildman–Crippen LogP) is 4.88. The predicted molar refractivity (Wildman–Crippen MR) is 114 cm³/mol. The first kappa shape index (κ1) is 21.9. The second kappa shape index (κ2) is 10.3. The number of aromatic nitrogens is 3. The summed E-state index contributed by atoms with van der Waals surface area (Å²) in [7, 11) is 0. The zero-order valence-corrected chi connectivity index (χ0v) is 17.5. The summed E-state index contributed by atoms with van der Waals surface area (Å²) in [6.07, 6.45) is 1.69. The number of rotatable bonds is 2. The normalized spacial score (nSPS) is 13.5. The van der Waals surface area contributed by atoms with Crippen LogP contribution in [0.3, 0.4) is 0 Å². The van der Waals surface area contributed by atoms with E-state index in [0.717, 1.165) is 18.8 Å². The molecule has 0 spiro atoms. The largest absolute Gasteiger partial charge is 0.378 e. The Morgan fingerprint density at radius 1 is 1.00 bits per heavy atom. The molecule has 0 aromatic carbocycles. The molecular weight excluding hydrogens is 410 g/mol. The fourth-order valence-corrected chi connectivity index (χ4v) is 3.16. The summed E-state index contributed by atoms with van der Waals surface area (Å²) < 4.78 is 31.7. The lowest BCUT2D eigenvalue weighted by Crippen LogP contribution is -2.36.